The molecule has 0 aromatic heterocycles. The Morgan fingerprint density at radius 2 is 1.43 bits per heavy atom. The zero-order valence-corrected chi connectivity index (χ0v) is 16.9. The van der Waals surface area contributed by atoms with Gasteiger partial charge in [-0.1, -0.05) is 53.7 Å². The van der Waals surface area contributed by atoms with Crippen molar-refractivity contribution in [2.45, 2.75) is 52.4 Å². The van der Waals surface area contributed by atoms with E-state index in [0.717, 1.165) is 11.1 Å². The van der Waals surface area contributed by atoms with Crippen molar-refractivity contribution in [2.24, 2.45) is 0 Å². The standard InChI is InChI=1S/C22H24O6/c1-21(2,3)16-9-7-8-15(18(16)22(4,5)6)20(24)28-27-19(23)14-11-10-13-12-17(14)26-25-13/h7-12H,1-6H3. The zero-order chi connectivity index (χ0) is 20.7. The van der Waals surface area contributed by atoms with Gasteiger partial charge < -0.3 is 0 Å². The van der Waals surface area contributed by atoms with E-state index in [1.165, 1.54) is 6.07 Å². The minimum absolute atomic E-state index is 0.105. The first kappa shape index (κ1) is 19.7. The molecule has 1 heterocycles. The molecular formula is C22H24O6. The van der Waals surface area contributed by atoms with Crippen LogP contribution in [0.1, 0.15) is 73.4 Å². The summed E-state index contributed by atoms with van der Waals surface area (Å²) < 4.78 is 0. The number of hydrogen-bond donors (Lipinski definition) is 0. The fourth-order valence-corrected chi connectivity index (χ4v) is 3.21. The van der Waals surface area contributed by atoms with Crippen molar-refractivity contribution in [3.8, 4) is 11.5 Å². The normalized spacial score (nSPS) is 12.8. The lowest BCUT2D eigenvalue weighted by atomic mass is 9.73. The highest BCUT2D eigenvalue weighted by molar-refractivity contribution is 5.95. The summed E-state index contributed by atoms with van der Waals surface area (Å²) in [6.45, 7) is 12.3. The lowest BCUT2D eigenvalue weighted by molar-refractivity contribution is -0.188. The van der Waals surface area contributed by atoms with Crippen LogP contribution in [0, 0.1) is 0 Å². The molecule has 28 heavy (non-hydrogen) atoms. The van der Waals surface area contributed by atoms with E-state index in [4.69, 9.17) is 19.6 Å². The summed E-state index contributed by atoms with van der Waals surface area (Å²) >= 11 is 0. The lowest BCUT2D eigenvalue weighted by Crippen LogP contribution is -2.26. The summed E-state index contributed by atoms with van der Waals surface area (Å²) in [6, 6.07) is 10.1. The van der Waals surface area contributed by atoms with Crippen molar-refractivity contribution in [2.75, 3.05) is 0 Å². The Bertz CT molecular complexity index is 931. The Morgan fingerprint density at radius 3 is 2.04 bits per heavy atom. The van der Waals surface area contributed by atoms with Gasteiger partial charge in [-0.15, -0.1) is 0 Å². The number of rotatable bonds is 2. The third-order valence-electron chi connectivity index (χ3n) is 4.44. The molecule has 0 fully saturated rings. The molecule has 148 valence electrons. The fourth-order valence-electron chi connectivity index (χ4n) is 3.21. The van der Waals surface area contributed by atoms with Gasteiger partial charge in [-0.2, -0.15) is 0 Å². The molecule has 3 rings (SSSR count). The molecule has 6 nitrogen and oxygen atoms in total. The van der Waals surface area contributed by atoms with Gasteiger partial charge in [-0.3, -0.25) is 9.78 Å². The molecule has 0 aliphatic carbocycles. The third kappa shape index (κ3) is 3.81. The molecule has 2 bridgehead atoms. The second-order valence-electron chi connectivity index (χ2n) is 8.79. The Hall–Kier alpha value is -3.02. The monoisotopic (exact) mass is 384 g/mol. The fraction of sp³-hybridized carbons (Fsp3) is 0.364. The molecule has 0 atom stereocenters. The smallest absolute Gasteiger partial charge is 0.290 e. The minimum Gasteiger partial charge on any atom is -0.290 e. The minimum atomic E-state index is -0.843. The molecule has 6 heteroatoms. The van der Waals surface area contributed by atoms with Crippen LogP contribution in [0.15, 0.2) is 36.4 Å². The van der Waals surface area contributed by atoms with Crippen molar-refractivity contribution in [1.82, 2.24) is 0 Å². The molecular weight excluding hydrogens is 360 g/mol. The van der Waals surface area contributed by atoms with Gasteiger partial charge in [-0.25, -0.2) is 19.4 Å². The first-order chi connectivity index (χ1) is 13.0. The van der Waals surface area contributed by atoms with Gasteiger partial charge in [0.2, 0.25) is 0 Å². The van der Waals surface area contributed by atoms with Crippen LogP contribution in [0.25, 0.3) is 0 Å². The Kier molecular flexibility index (Phi) is 4.83. The van der Waals surface area contributed by atoms with Crippen LogP contribution >= 0.6 is 0 Å². The molecule has 0 spiro atoms. The quantitative estimate of drug-likeness (QED) is 0.542. The molecule has 0 amide bonds. The summed E-state index contributed by atoms with van der Waals surface area (Å²) in [4.78, 5) is 44.4. The third-order valence-corrected chi connectivity index (χ3v) is 4.44. The van der Waals surface area contributed by atoms with E-state index >= 15 is 0 Å². The number of carbonyl (C=O) groups excluding carboxylic acids is 2. The number of fused-ring (bicyclic) bond motifs is 2. The SMILES string of the molecule is CC(C)(C)c1cccc(C(=O)OOC(=O)c2ccc3cc2OO3)c1C(C)(C)C. The van der Waals surface area contributed by atoms with E-state index in [9.17, 15) is 9.59 Å². The predicted octanol–water partition coefficient (Wildman–Crippen LogP) is 4.90. The Labute approximate surface area is 164 Å². The molecule has 0 unspecified atom stereocenters. The number of benzene rings is 2. The molecule has 2 aromatic carbocycles. The van der Waals surface area contributed by atoms with Gasteiger partial charge in [0.25, 0.3) is 0 Å². The predicted molar refractivity (Wildman–Crippen MR) is 102 cm³/mol. The van der Waals surface area contributed by atoms with Crippen molar-refractivity contribution >= 4 is 11.9 Å². The number of hydrogen-bond acceptors (Lipinski definition) is 6. The van der Waals surface area contributed by atoms with Crippen molar-refractivity contribution < 1.29 is 29.1 Å². The van der Waals surface area contributed by atoms with E-state index in [-0.39, 0.29) is 22.1 Å². The van der Waals surface area contributed by atoms with Gasteiger partial charge >= 0.3 is 11.9 Å². The van der Waals surface area contributed by atoms with Gasteiger partial charge in [-0.05, 0) is 40.2 Å². The van der Waals surface area contributed by atoms with Gasteiger partial charge in [0.05, 0.1) is 5.56 Å². The summed E-state index contributed by atoms with van der Waals surface area (Å²) in [5.74, 6) is -0.875. The molecule has 2 aromatic rings. The summed E-state index contributed by atoms with van der Waals surface area (Å²) in [5, 5.41) is 0. The van der Waals surface area contributed by atoms with Crippen molar-refractivity contribution in [1.29, 1.82) is 0 Å². The van der Waals surface area contributed by atoms with Crippen LogP contribution in [0.4, 0.5) is 0 Å². The molecule has 1 aliphatic heterocycles. The molecule has 0 saturated heterocycles. The van der Waals surface area contributed by atoms with E-state index in [1.54, 1.807) is 24.3 Å². The number of carbonyl (C=O) groups is 2. The highest BCUT2D eigenvalue weighted by Crippen LogP contribution is 2.36. The Balaban J connectivity index is 1.84. The van der Waals surface area contributed by atoms with Crippen LogP contribution in [0.5, 0.6) is 11.5 Å². The van der Waals surface area contributed by atoms with Crippen LogP contribution in [-0.4, -0.2) is 11.9 Å². The van der Waals surface area contributed by atoms with Crippen LogP contribution in [0.3, 0.4) is 0 Å². The van der Waals surface area contributed by atoms with Crippen LogP contribution in [-0.2, 0) is 20.6 Å². The highest BCUT2D eigenvalue weighted by Gasteiger charge is 2.31. The first-order valence-electron chi connectivity index (χ1n) is 9.04. The second kappa shape index (κ2) is 6.86. The van der Waals surface area contributed by atoms with E-state index in [0.29, 0.717) is 11.3 Å². The average Bonchev–Trinajstić information content (AvgIpc) is 2.98. The largest absolute Gasteiger partial charge is 0.390 e. The summed E-state index contributed by atoms with van der Waals surface area (Å²) in [7, 11) is 0. The van der Waals surface area contributed by atoms with Crippen molar-refractivity contribution in [3.05, 3.63) is 58.7 Å². The van der Waals surface area contributed by atoms with E-state index in [2.05, 4.69) is 20.8 Å². The maximum Gasteiger partial charge on any atom is 0.390 e. The Morgan fingerprint density at radius 1 is 0.786 bits per heavy atom. The van der Waals surface area contributed by atoms with Gasteiger partial charge in [0, 0.05) is 6.07 Å². The summed E-state index contributed by atoms with van der Waals surface area (Å²) in [6.07, 6.45) is 0. The molecule has 0 N–H and O–H groups in total. The van der Waals surface area contributed by atoms with Crippen LogP contribution in [0.2, 0.25) is 0 Å². The molecule has 0 saturated carbocycles. The van der Waals surface area contributed by atoms with Gasteiger partial charge in [0.1, 0.15) is 5.56 Å². The first-order valence-corrected chi connectivity index (χ1v) is 9.04. The maximum absolute atomic E-state index is 12.7. The molecule has 0 radical (unpaired) electrons. The highest BCUT2D eigenvalue weighted by atomic mass is 17.2. The van der Waals surface area contributed by atoms with E-state index in [1.807, 2.05) is 26.8 Å². The van der Waals surface area contributed by atoms with Crippen LogP contribution < -0.4 is 9.78 Å². The molecule has 1 aliphatic rings. The maximum atomic E-state index is 12.7. The van der Waals surface area contributed by atoms with Gasteiger partial charge in [0.15, 0.2) is 11.5 Å². The lowest BCUT2D eigenvalue weighted by Gasteiger charge is -2.31. The average molecular weight is 384 g/mol. The summed E-state index contributed by atoms with van der Waals surface area (Å²) in [5.41, 5.74) is 1.90. The van der Waals surface area contributed by atoms with E-state index < -0.39 is 11.9 Å². The zero-order valence-electron chi connectivity index (χ0n) is 16.9. The second-order valence-corrected chi connectivity index (χ2v) is 8.79. The topological polar surface area (TPSA) is 71.1 Å². The van der Waals surface area contributed by atoms with Crippen molar-refractivity contribution in [3.63, 3.8) is 0 Å².